The number of rotatable bonds is 5. The molecule has 0 aliphatic heterocycles. The van der Waals surface area contributed by atoms with E-state index < -0.39 is 0 Å². The fourth-order valence-corrected chi connectivity index (χ4v) is 1.04. The standard InChI is InChI=1S/C11H23N3O2/c1-8(11(2,3)4)7-10(15)13-6-5-9(12)14-16/h8,16H,5-7H2,1-4H3,(H2,12,14)(H,13,15). The number of carbonyl (C=O) groups is 1. The van der Waals surface area contributed by atoms with E-state index in [1.807, 2.05) is 0 Å². The highest BCUT2D eigenvalue weighted by molar-refractivity contribution is 5.81. The molecule has 0 aromatic heterocycles. The van der Waals surface area contributed by atoms with E-state index in [0.29, 0.717) is 25.3 Å². The van der Waals surface area contributed by atoms with Crippen LogP contribution in [0.5, 0.6) is 0 Å². The molecular formula is C11H23N3O2. The molecule has 0 rings (SSSR count). The Kier molecular flexibility index (Phi) is 5.85. The zero-order chi connectivity index (χ0) is 12.8. The van der Waals surface area contributed by atoms with E-state index in [-0.39, 0.29) is 17.2 Å². The molecule has 0 aliphatic carbocycles. The first-order valence-corrected chi connectivity index (χ1v) is 5.50. The van der Waals surface area contributed by atoms with Gasteiger partial charge in [-0.3, -0.25) is 4.79 Å². The van der Waals surface area contributed by atoms with E-state index >= 15 is 0 Å². The normalized spacial score (nSPS) is 14.6. The smallest absolute Gasteiger partial charge is 0.220 e. The zero-order valence-electron chi connectivity index (χ0n) is 10.6. The Morgan fingerprint density at radius 2 is 2.06 bits per heavy atom. The van der Waals surface area contributed by atoms with Crippen LogP contribution in [0.1, 0.15) is 40.5 Å². The molecule has 1 unspecified atom stereocenters. The van der Waals surface area contributed by atoms with E-state index in [1.165, 1.54) is 0 Å². The maximum atomic E-state index is 11.5. The minimum atomic E-state index is 0.00756. The Labute approximate surface area is 97.1 Å². The van der Waals surface area contributed by atoms with Crippen LogP contribution in [-0.2, 0) is 4.79 Å². The van der Waals surface area contributed by atoms with Gasteiger partial charge in [0.25, 0.3) is 0 Å². The fraction of sp³-hybridized carbons (Fsp3) is 0.818. The number of carbonyl (C=O) groups excluding carboxylic acids is 1. The van der Waals surface area contributed by atoms with Crippen LogP contribution in [0.2, 0.25) is 0 Å². The molecule has 5 heteroatoms. The lowest BCUT2D eigenvalue weighted by Crippen LogP contribution is -2.31. The summed E-state index contributed by atoms with van der Waals surface area (Å²) in [5, 5.41) is 13.9. The monoisotopic (exact) mass is 229 g/mol. The summed E-state index contributed by atoms with van der Waals surface area (Å²) in [5.41, 5.74) is 5.41. The Bertz CT molecular complexity index is 256. The van der Waals surface area contributed by atoms with Gasteiger partial charge in [0.05, 0.1) is 0 Å². The molecule has 0 aliphatic rings. The lowest BCUT2D eigenvalue weighted by atomic mass is 9.80. The van der Waals surface area contributed by atoms with Gasteiger partial charge in [0, 0.05) is 19.4 Å². The molecule has 0 bridgehead atoms. The Hall–Kier alpha value is -1.26. The van der Waals surface area contributed by atoms with Crippen molar-refractivity contribution in [3.8, 4) is 0 Å². The number of hydrogen-bond donors (Lipinski definition) is 3. The van der Waals surface area contributed by atoms with Crippen molar-refractivity contribution >= 4 is 11.7 Å². The highest BCUT2D eigenvalue weighted by Crippen LogP contribution is 2.27. The van der Waals surface area contributed by atoms with Gasteiger partial charge in [-0.15, -0.1) is 0 Å². The van der Waals surface area contributed by atoms with Crippen molar-refractivity contribution in [1.29, 1.82) is 0 Å². The molecule has 1 amide bonds. The number of amidine groups is 1. The average molecular weight is 229 g/mol. The molecule has 0 saturated carbocycles. The van der Waals surface area contributed by atoms with E-state index in [2.05, 4.69) is 38.2 Å². The summed E-state index contributed by atoms with van der Waals surface area (Å²) < 4.78 is 0. The second-order valence-electron chi connectivity index (χ2n) is 5.16. The molecule has 94 valence electrons. The van der Waals surface area contributed by atoms with Gasteiger partial charge in [-0.1, -0.05) is 32.9 Å². The maximum absolute atomic E-state index is 11.5. The largest absolute Gasteiger partial charge is 0.409 e. The van der Waals surface area contributed by atoms with E-state index in [1.54, 1.807) is 0 Å². The first kappa shape index (κ1) is 14.7. The zero-order valence-corrected chi connectivity index (χ0v) is 10.6. The van der Waals surface area contributed by atoms with Crippen molar-refractivity contribution in [1.82, 2.24) is 5.32 Å². The lowest BCUT2D eigenvalue weighted by Gasteiger charge is -2.26. The number of nitrogens with zero attached hydrogens (tertiary/aromatic N) is 1. The summed E-state index contributed by atoms with van der Waals surface area (Å²) in [4.78, 5) is 11.5. The van der Waals surface area contributed by atoms with E-state index in [0.717, 1.165) is 0 Å². The number of amides is 1. The Morgan fingerprint density at radius 1 is 1.50 bits per heavy atom. The third-order valence-corrected chi connectivity index (χ3v) is 2.80. The van der Waals surface area contributed by atoms with Crippen LogP contribution >= 0.6 is 0 Å². The molecule has 0 spiro atoms. The van der Waals surface area contributed by atoms with Crippen molar-refractivity contribution in [2.45, 2.75) is 40.5 Å². The first-order chi connectivity index (χ1) is 7.27. The third-order valence-electron chi connectivity index (χ3n) is 2.80. The molecular weight excluding hydrogens is 206 g/mol. The molecule has 5 nitrogen and oxygen atoms in total. The molecule has 1 atom stereocenters. The molecule has 0 saturated heterocycles. The first-order valence-electron chi connectivity index (χ1n) is 5.50. The summed E-state index contributed by atoms with van der Waals surface area (Å²) in [5.74, 6) is 0.452. The molecule has 0 aromatic carbocycles. The number of nitrogens with one attached hydrogen (secondary N) is 1. The fourth-order valence-electron chi connectivity index (χ4n) is 1.04. The second kappa shape index (κ2) is 6.35. The van der Waals surface area contributed by atoms with Gasteiger partial charge >= 0.3 is 0 Å². The van der Waals surface area contributed by atoms with Crippen LogP contribution in [0.25, 0.3) is 0 Å². The Balaban J connectivity index is 3.84. The van der Waals surface area contributed by atoms with Crippen LogP contribution in [0.3, 0.4) is 0 Å². The molecule has 4 N–H and O–H groups in total. The number of nitrogens with two attached hydrogens (primary N) is 1. The van der Waals surface area contributed by atoms with Gasteiger partial charge in [0.2, 0.25) is 5.91 Å². The lowest BCUT2D eigenvalue weighted by molar-refractivity contribution is -0.122. The number of hydrogen-bond acceptors (Lipinski definition) is 3. The molecule has 16 heavy (non-hydrogen) atoms. The van der Waals surface area contributed by atoms with Crippen molar-refractivity contribution in [2.24, 2.45) is 22.2 Å². The van der Waals surface area contributed by atoms with Crippen LogP contribution < -0.4 is 11.1 Å². The van der Waals surface area contributed by atoms with Crippen LogP contribution in [0.4, 0.5) is 0 Å². The van der Waals surface area contributed by atoms with Crippen LogP contribution in [-0.4, -0.2) is 23.5 Å². The highest BCUT2D eigenvalue weighted by Gasteiger charge is 2.22. The highest BCUT2D eigenvalue weighted by atomic mass is 16.4. The molecule has 0 fully saturated rings. The topological polar surface area (TPSA) is 87.7 Å². The maximum Gasteiger partial charge on any atom is 0.220 e. The predicted molar refractivity (Wildman–Crippen MR) is 64.3 cm³/mol. The summed E-state index contributed by atoms with van der Waals surface area (Å²) in [6.07, 6.45) is 0.867. The van der Waals surface area contributed by atoms with Crippen LogP contribution in [0, 0.1) is 11.3 Å². The van der Waals surface area contributed by atoms with E-state index in [4.69, 9.17) is 10.9 Å². The van der Waals surface area contributed by atoms with Gasteiger partial charge < -0.3 is 16.3 Å². The summed E-state index contributed by atoms with van der Waals surface area (Å²) in [7, 11) is 0. The summed E-state index contributed by atoms with van der Waals surface area (Å²) in [6, 6.07) is 0. The van der Waals surface area contributed by atoms with Crippen molar-refractivity contribution in [3.05, 3.63) is 0 Å². The minimum absolute atomic E-state index is 0.00756. The van der Waals surface area contributed by atoms with Gasteiger partial charge in [0.15, 0.2) is 0 Å². The van der Waals surface area contributed by atoms with E-state index in [9.17, 15) is 4.79 Å². The quantitative estimate of drug-likeness (QED) is 0.287. The molecule has 0 radical (unpaired) electrons. The number of oxime groups is 1. The van der Waals surface area contributed by atoms with Crippen molar-refractivity contribution in [2.75, 3.05) is 6.54 Å². The molecule has 0 aromatic rings. The Morgan fingerprint density at radius 3 is 2.50 bits per heavy atom. The predicted octanol–water partition coefficient (Wildman–Crippen LogP) is 1.31. The van der Waals surface area contributed by atoms with Crippen molar-refractivity contribution in [3.63, 3.8) is 0 Å². The second-order valence-corrected chi connectivity index (χ2v) is 5.16. The SMILES string of the molecule is CC(CC(=O)NCCC(N)=NO)C(C)(C)C. The molecule has 0 heterocycles. The van der Waals surface area contributed by atoms with Gasteiger partial charge in [0.1, 0.15) is 5.84 Å². The van der Waals surface area contributed by atoms with Gasteiger partial charge in [-0.25, -0.2) is 0 Å². The van der Waals surface area contributed by atoms with Crippen molar-refractivity contribution < 1.29 is 10.0 Å². The van der Waals surface area contributed by atoms with Crippen LogP contribution in [0.15, 0.2) is 5.16 Å². The average Bonchev–Trinajstić information content (AvgIpc) is 2.15. The summed E-state index contributed by atoms with van der Waals surface area (Å²) >= 11 is 0. The third kappa shape index (κ3) is 6.27. The summed E-state index contributed by atoms with van der Waals surface area (Å²) in [6.45, 7) is 8.80. The van der Waals surface area contributed by atoms with Gasteiger partial charge in [-0.2, -0.15) is 0 Å². The van der Waals surface area contributed by atoms with Gasteiger partial charge in [-0.05, 0) is 11.3 Å². The minimum Gasteiger partial charge on any atom is -0.409 e.